The molecule has 1 aliphatic heterocycles. The van der Waals surface area contributed by atoms with Crippen molar-refractivity contribution in [2.24, 2.45) is 23.5 Å². The lowest BCUT2D eigenvalue weighted by atomic mass is 9.78. The van der Waals surface area contributed by atoms with Crippen LogP contribution in [0.1, 0.15) is 57.8 Å². The van der Waals surface area contributed by atoms with Gasteiger partial charge in [0.15, 0.2) is 0 Å². The molecule has 0 amide bonds. The molecule has 3 rings (SSSR count). The van der Waals surface area contributed by atoms with Crippen LogP contribution in [0, 0.1) is 17.8 Å². The summed E-state index contributed by atoms with van der Waals surface area (Å²) in [5.41, 5.74) is 5.98. The van der Waals surface area contributed by atoms with Crippen LogP contribution in [0.15, 0.2) is 0 Å². The van der Waals surface area contributed by atoms with Crippen LogP contribution >= 0.6 is 0 Å². The summed E-state index contributed by atoms with van der Waals surface area (Å²) in [6, 6.07) is 0.944. The van der Waals surface area contributed by atoms with Crippen LogP contribution in [0.3, 0.4) is 0 Å². The van der Waals surface area contributed by atoms with Crippen molar-refractivity contribution in [1.29, 1.82) is 0 Å². The number of likely N-dealkylation sites (tertiary alicyclic amines) is 1. The van der Waals surface area contributed by atoms with Crippen molar-refractivity contribution < 1.29 is 0 Å². The second kappa shape index (κ2) is 5.92. The third-order valence-corrected chi connectivity index (χ3v) is 5.96. The highest BCUT2D eigenvalue weighted by atomic mass is 15.2. The first-order valence-corrected chi connectivity index (χ1v) is 8.32. The fraction of sp³-hybridized carbons (Fsp3) is 1.00. The number of hydrogen-bond acceptors (Lipinski definition) is 2. The van der Waals surface area contributed by atoms with Gasteiger partial charge in [0.1, 0.15) is 0 Å². The normalized spacial score (nSPS) is 41.8. The van der Waals surface area contributed by atoms with Crippen molar-refractivity contribution in [3.63, 3.8) is 0 Å². The van der Waals surface area contributed by atoms with Crippen molar-refractivity contribution in [3.05, 3.63) is 0 Å². The van der Waals surface area contributed by atoms with Crippen molar-refractivity contribution in [2.75, 3.05) is 19.6 Å². The van der Waals surface area contributed by atoms with Gasteiger partial charge in [-0.15, -0.1) is 0 Å². The topological polar surface area (TPSA) is 29.3 Å². The van der Waals surface area contributed by atoms with E-state index in [1.54, 1.807) is 0 Å². The van der Waals surface area contributed by atoms with Gasteiger partial charge in [-0.25, -0.2) is 0 Å². The van der Waals surface area contributed by atoms with E-state index in [9.17, 15) is 0 Å². The minimum atomic E-state index is 0.821. The zero-order valence-electron chi connectivity index (χ0n) is 11.8. The molecule has 1 saturated heterocycles. The lowest BCUT2D eigenvalue weighted by molar-refractivity contribution is 0.119. The minimum Gasteiger partial charge on any atom is -0.330 e. The Balaban J connectivity index is 1.58. The fourth-order valence-electron chi connectivity index (χ4n) is 4.87. The molecule has 18 heavy (non-hydrogen) atoms. The van der Waals surface area contributed by atoms with Gasteiger partial charge in [0.05, 0.1) is 0 Å². The van der Waals surface area contributed by atoms with Crippen molar-refractivity contribution in [3.8, 4) is 0 Å². The molecular formula is C16H30N2. The average Bonchev–Trinajstić information content (AvgIpc) is 2.83. The van der Waals surface area contributed by atoms with Gasteiger partial charge in [-0.05, 0) is 62.9 Å². The highest BCUT2D eigenvalue weighted by molar-refractivity contribution is 4.91. The Hall–Kier alpha value is -0.0800. The van der Waals surface area contributed by atoms with E-state index in [0.717, 1.165) is 30.3 Å². The molecule has 1 heterocycles. The van der Waals surface area contributed by atoms with Gasteiger partial charge in [-0.2, -0.15) is 0 Å². The molecule has 0 aromatic rings. The maximum Gasteiger partial charge on any atom is 0.0124 e. The molecule has 104 valence electrons. The molecule has 0 aromatic heterocycles. The van der Waals surface area contributed by atoms with E-state index in [2.05, 4.69) is 4.90 Å². The number of rotatable bonds is 3. The summed E-state index contributed by atoms with van der Waals surface area (Å²) in [5, 5.41) is 0. The SMILES string of the molecule is NCC1CCCCC1CN1CCC2CCCCC21. The second-order valence-corrected chi connectivity index (χ2v) is 6.94. The van der Waals surface area contributed by atoms with Gasteiger partial charge >= 0.3 is 0 Å². The van der Waals surface area contributed by atoms with Crippen LogP contribution < -0.4 is 5.73 Å². The van der Waals surface area contributed by atoms with E-state index in [1.165, 1.54) is 70.9 Å². The molecule has 4 unspecified atom stereocenters. The van der Waals surface area contributed by atoms with Crippen LogP contribution in [0.25, 0.3) is 0 Å². The minimum absolute atomic E-state index is 0.821. The van der Waals surface area contributed by atoms with Gasteiger partial charge in [0, 0.05) is 12.6 Å². The van der Waals surface area contributed by atoms with Crippen LogP contribution in [0.5, 0.6) is 0 Å². The third kappa shape index (κ3) is 2.60. The summed E-state index contributed by atoms with van der Waals surface area (Å²) in [6.07, 6.45) is 13.1. The predicted molar refractivity (Wildman–Crippen MR) is 76.4 cm³/mol. The molecule has 2 heteroatoms. The first-order chi connectivity index (χ1) is 8.88. The monoisotopic (exact) mass is 250 g/mol. The Morgan fingerprint density at radius 3 is 2.39 bits per heavy atom. The number of nitrogens with zero attached hydrogens (tertiary/aromatic N) is 1. The van der Waals surface area contributed by atoms with Gasteiger partial charge in [-0.3, -0.25) is 4.90 Å². The zero-order chi connectivity index (χ0) is 12.4. The first kappa shape index (κ1) is 12.9. The van der Waals surface area contributed by atoms with Gasteiger partial charge in [0.25, 0.3) is 0 Å². The Bertz CT molecular complexity index is 266. The molecular weight excluding hydrogens is 220 g/mol. The number of nitrogens with two attached hydrogens (primary N) is 1. The van der Waals surface area contributed by atoms with Crippen LogP contribution in [-0.2, 0) is 0 Å². The van der Waals surface area contributed by atoms with E-state index >= 15 is 0 Å². The van der Waals surface area contributed by atoms with Crippen molar-refractivity contribution in [1.82, 2.24) is 4.90 Å². The molecule has 2 aliphatic carbocycles. The standard InChI is InChI=1S/C16H30N2/c17-11-14-6-1-2-7-15(14)12-18-10-9-13-5-3-4-8-16(13)18/h13-16H,1-12,17H2. The Labute approximate surface area is 112 Å². The van der Waals surface area contributed by atoms with Gasteiger partial charge < -0.3 is 5.73 Å². The predicted octanol–water partition coefficient (Wildman–Crippen LogP) is 3.02. The molecule has 3 fully saturated rings. The molecule has 3 aliphatic rings. The molecule has 0 radical (unpaired) electrons. The molecule has 2 saturated carbocycles. The lowest BCUT2D eigenvalue weighted by Crippen LogP contribution is -2.41. The highest BCUT2D eigenvalue weighted by Crippen LogP contribution is 2.38. The Kier molecular flexibility index (Phi) is 4.25. The summed E-state index contributed by atoms with van der Waals surface area (Å²) in [5.74, 6) is 2.77. The quantitative estimate of drug-likeness (QED) is 0.834. The number of hydrogen-bond donors (Lipinski definition) is 1. The second-order valence-electron chi connectivity index (χ2n) is 6.94. The Morgan fingerprint density at radius 2 is 1.56 bits per heavy atom. The van der Waals surface area contributed by atoms with Crippen molar-refractivity contribution >= 4 is 0 Å². The van der Waals surface area contributed by atoms with Crippen LogP contribution in [0.4, 0.5) is 0 Å². The van der Waals surface area contributed by atoms with E-state index < -0.39 is 0 Å². The zero-order valence-corrected chi connectivity index (χ0v) is 11.8. The van der Waals surface area contributed by atoms with Crippen LogP contribution in [0.2, 0.25) is 0 Å². The lowest BCUT2D eigenvalue weighted by Gasteiger charge is -2.38. The van der Waals surface area contributed by atoms with Crippen molar-refractivity contribution in [2.45, 2.75) is 63.8 Å². The summed E-state index contributed by atoms with van der Waals surface area (Å²) in [7, 11) is 0. The molecule has 2 nitrogen and oxygen atoms in total. The Morgan fingerprint density at radius 1 is 0.833 bits per heavy atom. The largest absolute Gasteiger partial charge is 0.330 e. The maximum absolute atomic E-state index is 5.98. The number of fused-ring (bicyclic) bond motifs is 1. The summed E-state index contributed by atoms with van der Waals surface area (Å²) >= 11 is 0. The molecule has 0 aromatic carbocycles. The summed E-state index contributed by atoms with van der Waals surface area (Å²) < 4.78 is 0. The first-order valence-electron chi connectivity index (χ1n) is 8.32. The fourth-order valence-corrected chi connectivity index (χ4v) is 4.87. The van der Waals surface area contributed by atoms with Crippen LogP contribution in [-0.4, -0.2) is 30.6 Å². The smallest absolute Gasteiger partial charge is 0.0124 e. The molecule has 0 spiro atoms. The molecule has 4 atom stereocenters. The van der Waals surface area contributed by atoms with E-state index in [0.29, 0.717) is 0 Å². The van der Waals surface area contributed by atoms with E-state index in [-0.39, 0.29) is 0 Å². The summed E-state index contributed by atoms with van der Waals surface area (Å²) in [4.78, 5) is 2.85. The molecule has 0 bridgehead atoms. The van der Waals surface area contributed by atoms with E-state index in [4.69, 9.17) is 5.73 Å². The maximum atomic E-state index is 5.98. The average molecular weight is 250 g/mol. The van der Waals surface area contributed by atoms with E-state index in [1.807, 2.05) is 0 Å². The van der Waals surface area contributed by atoms with Gasteiger partial charge in [0.2, 0.25) is 0 Å². The summed E-state index contributed by atoms with van der Waals surface area (Å²) in [6.45, 7) is 3.67. The van der Waals surface area contributed by atoms with Gasteiger partial charge in [-0.1, -0.05) is 25.7 Å². The third-order valence-electron chi connectivity index (χ3n) is 5.96. The highest BCUT2D eigenvalue weighted by Gasteiger charge is 2.37. The molecule has 2 N–H and O–H groups in total.